The van der Waals surface area contributed by atoms with Crippen LogP contribution in [0.4, 0.5) is 11.4 Å². The van der Waals surface area contributed by atoms with Gasteiger partial charge in [-0.1, -0.05) is 19.4 Å². The molecule has 1 aliphatic rings. The lowest BCUT2D eigenvalue weighted by Gasteiger charge is -2.14. The van der Waals surface area contributed by atoms with Crippen molar-refractivity contribution in [3.8, 4) is 0 Å². The number of aromatic nitrogens is 3. The predicted molar refractivity (Wildman–Crippen MR) is 112 cm³/mol. The van der Waals surface area contributed by atoms with Crippen LogP contribution in [-0.4, -0.2) is 34.4 Å². The van der Waals surface area contributed by atoms with Gasteiger partial charge < -0.3 is 5.32 Å². The Bertz CT molecular complexity index is 1060. The number of anilines is 2. The van der Waals surface area contributed by atoms with Gasteiger partial charge in [-0.2, -0.15) is 5.10 Å². The Hall–Kier alpha value is -2.62. The zero-order valence-electron chi connectivity index (χ0n) is 16.8. The summed E-state index contributed by atoms with van der Waals surface area (Å²) in [6.45, 7) is 3.96. The molecule has 1 amide bonds. The van der Waals surface area contributed by atoms with E-state index in [-0.39, 0.29) is 18.0 Å². The van der Waals surface area contributed by atoms with Gasteiger partial charge in [0.2, 0.25) is 15.9 Å². The van der Waals surface area contributed by atoms with E-state index in [1.807, 2.05) is 0 Å². The molecule has 2 heterocycles. The topological polar surface area (TPSA) is 115 Å². The summed E-state index contributed by atoms with van der Waals surface area (Å²) < 4.78 is 29.5. The van der Waals surface area contributed by atoms with Crippen molar-refractivity contribution in [3.05, 3.63) is 40.1 Å². The van der Waals surface area contributed by atoms with Gasteiger partial charge in [-0.05, 0) is 43.9 Å². The van der Waals surface area contributed by atoms with Crippen LogP contribution in [0.2, 0.25) is 0 Å². The molecule has 1 aromatic heterocycles. The third kappa shape index (κ3) is 5.06. The van der Waals surface area contributed by atoms with Gasteiger partial charge in [0.05, 0.1) is 11.4 Å². The summed E-state index contributed by atoms with van der Waals surface area (Å²) in [5, 5.41) is 7.07. The number of fused-ring (bicyclic) bond motifs is 1. The largest absolute Gasteiger partial charge is 0.346 e. The quantitative estimate of drug-likeness (QED) is 0.708. The minimum Gasteiger partial charge on any atom is -0.324 e. The summed E-state index contributed by atoms with van der Waals surface area (Å²) in [5.74, 6) is 0.359. The highest BCUT2D eigenvalue weighted by Gasteiger charge is 2.18. The Balaban J connectivity index is 1.73. The smallest absolute Gasteiger partial charge is 0.324 e. The van der Waals surface area contributed by atoms with Crippen LogP contribution in [0.3, 0.4) is 0 Å². The van der Waals surface area contributed by atoms with E-state index in [2.05, 4.69) is 15.1 Å². The second-order valence-corrected chi connectivity index (χ2v) is 9.11. The number of carbonyl (C=O) groups excluding carboxylic acids is 1. The van der Waals surface area contributed by atoms with Gasteiger partial charge >= 0.3 is 5.69 Å². The third-order valence-electron chi connectivity index (χ3n) is 4.92. The van der Waals surface area contributed by atoms with Crippen LogP contribution in [-0.2, 0) is 34.3 Å². The van der Waals surface area contributed by atoms with Gasteiger partial charge in [-0.15, -0.1) is 0 Å². The van der Waals surface area contributed by atoms with Gasteiger partial charge in [0.1, 0.15) is 12.4 Å². The molecule has 9 nitrogen and oxygen atoms in total. The molecular formula is C19H27N5O4S. The molecule has 1 aromatic carbocycles. The molecule has 158 valence electrons. The van der Waals surface area contributed by atoms with Gasteiger partial charge in [-0.25, -0.2) is 17.9 Å². The normalized spacial score (nSPS) is 14.1. The minimum atomic E-state index is -3.43. The number of rotatable bonds is 7. The molecule has 10 heteroatoms. The first kappa shape index (κ1) is 21.1. The van der Waals surface area contributed by atoms with Crippen molar-refractivity contribution in [2.75, 3.05) is 15.8 Å². The van der Waals surface area contributed by atoms with E-state index in [9.17, 15) is 18.0 Å². The van der Waals surface area contributed by atoms with E-state index in [1.165, 1.54) is 4.68 Å². The number of hydrogen-bond donors (Lipinski definition) is 2. The van der Waals surface area contributed by atoms with Crippen LogP contribution in [0.5, 0.6) is 0 Å². The standard InChI is InChI=1S/C19H27N5O4S/c1-3-12-29(27,28)22-16-9-7-8-15(14(16)2)20-18(25)13-24-19(26)23-11-6-4-5-10-17(23)21-24/h7-9,22H,3-6,10-13H2,1-2H3,(H,20,25). The zero-order chi connectivity index (χ0) is 21.0. The maximum Gasteiger partial charge on any atom is 0.346 e. The Labute approximate surface area is 170 Å². The molecule has 0 fully saturated rings. The lowest BCUT2D eigenvalue weighted by molar-refractivity contribution is -0.117. The maximum atomic E-state index is 12.5. The van der Waals surface area contributed by atoms with Gasteiger partial charge in [-0.3, -0.25) is 14.1 Å². The minimum absolute atomic E-state index is 0.0247. The molecule has 1 aliphatic heterocycles. The van der Waals surface area contributed by atoms with Crippen LogP contribution < -0.4 is 15.7 Å². The number of nitrogens with one attached hydrogen (secondary N) is 2. The van der Waals surface area contributed by atoms with Gasteiger partial charge in [0.15, 0.2) is 0 Å². The Morgan fingerprint density at radius 2 is 1.97 bits per heavy atom. The van der Waals surface area contributed by atoms with Crippen molar-refractivity contribution < 1.29 is 13.2 Å². The fraction of sp³-hybridized carbons (Fsp3) is 0.526. The van der Waals surface area contributed by atoms with E-state index in [4.69, 9.17) is 0 Å². The molecule has 2 N–H and O–H groups in total. The monoisotopic (exact) mass is 421 g/mol. The Morgan fingerprint density at radius 3 is 2.72 bits per heavy atom. The van der Waals surface area contributed by atoms with E-state index < -0.39 is 15.9 Å². The number of nitrogens with zero attached hydrogens (tertiary/aromatic N) is 3. The first-order chi connectivity index (χ1) is 13.8. The number of sulfonamides is 1. The molecular weight excluding hydrogens is 394 g/mol. The average Bonchev–Trinajstić information content (AvgIpc) is 2.82. The summed E-state index contributed by atoms with van der Waals surface area (Å²) in [6.07, 6.45) is 4.24. The Kier molecular flexibility index (Phi) is 6.41. The molecule has 0 bridgehead atoms. The summed E-state index contributed by atoms with van der Waals surface area (Å²) in [5.41, 5.74) is 1.24. The number of aryl methyl sites for hydroxylation is 1. The molecule has 0 spiro atoms. The molecule has 0 saturated carbocycles. The van der Waals surface area contributed by atoms with E-state index in [0.29, 0.717) is 29.9 Å². The summed E-state index contributed by atoms with van der Waals surface area (Å²) >= 11 is 0. The molecule has 0 atom stereocenters. The molecule has 0 radical (unpaired) electrons. The predicted octanol–water partition coefficient (Wildman–Crippen LogP) is 1.87. The molecule has 2 aromatic rings. The number of amides is 1. The first-order valence-corrected chi connectivity index (χ1v) is 11.5. The second kappa shape index (κ2) is 8.81. The molecule has 0 unspecified atom stereocenters. The summed E-state index contributed by atoms with van der Waals surface area (Å²) in [4.78, 5) is 25.0. The highest BCUT2D eigenvalue weighted by Crippen LogP contribution is 2.24. The van der Waals surface area contributed by atoms with E-state index >= 15 is 0 Å². The first-order valence-electron chi connectivity index (χ1n) is 9.87. The third-order valence-corrected chi connectivity index (χ3v) is 6.40. The lowest BCUT2D eigenvalue weighted by atomic mass is 10.1. The maximum absolute atomic E-state index is 12.5. The highest BCUT2D eigenvalue weighted by atomic mass is 32.2. The second-order valence-electron chi connectivity index (χ2n) is 7.27. The molecule has 0 saturated heterocycles. The van der Waals surface area contributed by atoms with Crippen LogP contribution in [0.1, 0.15) is 44.0 Å². The number of benzene rings is 1. The number of hydrogen-bond acceptors (Lipinski definition) is 5. The van der Waals surface area contributed by atoms with Crippen molar-refractivity contribution in [1.29, 1.82) is 0 Å². The van der Waals surface area contributed by atoms with E-state index in [0.717, 1.165) is 31.5 Å². The van der Waals surface area contributed by atoms with Crippen LogP contribution in [0, 0.1) is 6.92 Å². The molecule has 29 heavy (non-hydrogen) atoms. The van der Waals surface area contributed by atoms with Crippen molar-refractivity contribution in [2.45, 2.75) is 59.0 Å². The summed E-state index contributed by atoms with van der Waals surface area (Å²) in [7, 11) is -3.43. The fourth-order valence-electron chi connectivity index (χ4n) is 3.42. The van der Waals surface area contributed by atoms with Crippen LogP contribution >= 0.6 is 0 Å². The van der Waals surface area contributed by atoms with Crippen molar-refractivity contribution in [2.24, 2.45) is 0 Å². The zero-order valence-corrected chi connectivity index (χ0v) is 17.6. The lowest BCUT2D eigenvalue weighted by Crippen LogP contribution is -2.30. The van der Waals surface area contributed by atoms with Crippen LogP contribution in [0.15, 0.2) is 23.0 Å². The Morgan fingerprint density at radius 1 is 1.21 bits per heavy atom. The van der Waals surface area contributed by atoms with Gasteiger partial charge in [0, 0.05) is 18.7 Å². The van der Waals surface area contributed by atoms with Crippen LogP contribution in [0.25, 0.3) is 0 Å². The number of carbonyl (C=O) groups is 1. The van der Waals surface area contributed by atoms with Gasteiger partial charge in [0.25, 0.3) is 0 Å². The fourth-order valence-corrected chi connectivity index (χ4v) is 4.62. The van der Waals surface area contributed by atoms with Crippen molar-refractivity contribution >= 4 is 27.3 Å². The highest BCUT2D eigenvalue weighted by molar-refractivity contribution is 7.92. The SMILES string of the molecule is CCCS(=O)(=O)Nc1cccc(NC(=O)Cn2nc3n(c2=O)CCCCC3)c1C. The van der Waals surface area contributed by atoms with E-state index in [1.54, 1.807) is 36.6 Å². The molecule has 3 rings (SSSR count). The van der Waals surface area contributed by atoms with Crippen molar-refractivity contribution in [1.82, 2.24) is 14.3 Å². The average molecular weight is 422 g/mol. The molecule has 0 aliphatic carbocycles. The van der Waals surface area contributed by atoms with Crippen molar-refractivity contribution in [3.63, 3.8) is 0 Å². The summed E-state index contributed by atoms with van der Waals surface area (Å²) in [6, 6.07) is 5.00.